The first-order valence-electron chi connectivity index (χ1n) is 6.75. The molecule has 17 heavy (non-hydrogen) atoms. The highest BCUT2D eigenvalue weighted by molar-refractivity contribution is 5.68. The van der Waals surface area contributed by atoms with Crippen LogP contribution in [0.4, 0.5) is 4.79 Å². The smallest absolute Gasteiger partial charge is 0.410 e. The Hall–Kier alpha value is -0.770. The van der Waals surface area contributed by atoms with E-state index in [1.807, 2.05) is 18.7 Å². The van der Waals surface area contributed by atoms with Gasteiger partial charge in [0.1, 0.15) is 0 Å². The van der Waals surface area contributed by atoms with E-state index in [4.69, 9.17) is 4.74 Å². The minimum Gasteiger partial charge on any atom is -0.447 e. The Labute approximate surface area is 103 Å². The first-order valence-corrected chi connectivity index (χ1v) is 6.75. The molecule has 98 valence electrons. The number of carbonyl (C=O) groups is 1. The van der Waals surface area contributed by atoms with Gasteiger partial charge in [-0.05, 0) is 39.5 Å². The lowest BCUT2D eigenvalue weighted by atomic mass is 9.94. The summed E-state index contributed by atoms with van der Waals surface area (Å²) in [5, 5.41) is 9.95. The van der Waals surface area contributed by atoms with Crippen molar-refractivity contribution in [3.63, 3.8) is 0 Å². The molecule has 0 bridgehead atoms. The largest absolute Gasteiger partial charge is 0.447 e. The zero-order valence-electron chi connectivity index (χ0n) is 10.8. The Kier molecular flexibility index (Phi) is 3.92. The van der Waals surface area contributed by atoms with E-state index in [9.17, 15) is 9.90 Å². The number of rotatable bonds is 2. The molecule has 0 aromatic heterocycles. The van der Waals surface area contributed by atoms with Crippen LogP contribution in [0.3, 0.4) is 0 Å². The van der Waals surface area contributed by atoms with Gasteiger partial charge in [-0.25, -0.2) is 4.79 Å². The molecule has 4 heteroatoms. The molecule has 0 aromatic rings. The fourth-order valence-corrected chi connectivity index (χ4v) is 3.15. The molecule has 1 saturated carbocycles. The van der Waals surface area contributed by atoms with E-state index >= 15 is 0 Å². The molecule has 2 rings (SSSR count). The fraction of sp³-hybridized carbons (Fsp3) is 0.923. The summed E-state index contributed by atoms with van der Waals surface area (Å²) in [6.07, 6.45) is 4.53. The molecule has 3 atom stereocenters. The molecule has 1 aliphatic carbocycles. The average Bonchev–Trinajstić information content (AvgIpc) is 2.83. The van der Waals surface area contributed by atoms with Crippen LogP contribution in [0, 0.1) is 5.92 Å². The summed E-state index contributed by atoms with van der Waals surface area (Å²) in [6, 6.07) is 0.193. The van der Waals surface area contributed by atoms with Gasteiger partial charge in [-0.3, -0.25) is 0 Å². The van der Waals surface area contributed by atoms with Crippen LogP contribution in [-0.4, -0.2) is 40.9 Å². The standard InChI is InChI=1S/C13H23NO3/c1-9(2)17-13(16)14-8-4-6-11(14)10-5-3-7-12(10)15/h9-12,15H,3-8H2,1-2H3. The molecular formula is C13H23NO3. The molecule has 1 aliphatic heterocycles. The van der Waals surface area contributed by atoms with E-state index in [1.54, 1.807) is 0 Å². The summed E-state index contributed by atoms with van der Waals surface area (Å²) in [6.45, 7) is 4.51. The van der Waals surface area contributed by atoms with Gasteiger partial charge in [0.2, 0.25) is 0 Å². The molecule has 1 amide bonds. The van der Waals surface area contributed by atoms with Crippen LogP contribution in [0.2, 0.25) is 0 Å². The number of nitrogens with zero attached hydrogens (tertiary/aromatic N) is 1. The number of hydrogen-bond acceptors (Lipinski definition) is 3. The zero-order valence-corrected chi connectivity index (χ0v) is 10.8. The van der Waals surface area contributed by atoms with Gasteiger partial charge in [-0.15, -0.1) is 0 Å². The molecule has 2 fully saturated rings. The van der Waals surface area contributed by atoms with Gasteiger partial charge in [0, 0.05) is 18.5 Å². The van der Waals surface area contributed by atoms with Crippen LogP contribution in [0.5, 0.6) is 0 Å². The molecular weight excluding hydrogens is 218 g/mol. The maximum absolute atomic E-state index is 12.0. The van der Waals surface area contributed by atoms with Crippen molar-refractivity contribution >= 4 is 6.09 Å². The summed E-state index contributed by atoms with van der Waals surface area (Å²) in [5.41, 5.74) is 0. The summed E-state index contributed by atoms with van der Waals surface area (Å²) in [7, 11) is 0. The molecule has 1 saturated heterocycles. The Morgan fingerprint density at radius 3 is 2.65 bits per heavy atom. The van der Waals surface area contributed by atoms with E-state index in [2.05, 4.69) is 0 Å². The lowest BCUT2D eigenvalue weighted by molar-refractivity contribution is 0.0438. The first-order chi connectivity index (χ1) is 8.09. The Morgan fingerprint density at radius 1 is 1.29 bits per heavy atom. The second kappa shape index (κ2) is 5.25. The third kappa shape index (κ3) is 2.73. The highest BCUT2D eigenvalue weighted by atomic mass is 16.6. The topological polar surface area (TPSA) is 49.8 Å². The fourth-order valence-electron chi connectivity index (χ4n) is 3.15. The monoisotopic (exact) mass is 241 g/mol. The molecule has 0 radical (unpaired) electrons. The minimum atomic E-state index is -0.229. The van der Waals surface area contributed by atoms with E-state index < -0.39 is 0 Å². The molecule has 0 aromatic carbocycles. The van der Waals surface area contributed by atoms with Crippen molar-refractivity contribution in [1.82, 2.24) is 4.90 Å². The zero-order chi connectivity index (χ0) is 12.4. The van der Waals surface area contributed by atoms with Gasteiger partial charge in [-0.1, -0.05) is 6.42 Å². The van der Waals surface area contributed by atoms with Crippen LogP contribution in [0.25, 0.3) is 0 Å². The normalized spacial score (nSPS) is 33.4. The van der Waals surface area contributed by atoms with Gasteiger partial charge in [0.05, 0.1) is 12.2 Å². The van der Waals surface area contributed by atoms with E-state index in [0.717, 1.165) is 38.6 Å². The van der Waals surface area contributed by atoms with Gasteiger partial charge in [-0.2, -0.15) is 0 Å². The van der Waals surface area contributed by atoms with Crippen LogP contribution in [0.15, 0.2) is 0 Å². The first kappa shape index (κ1) is 12.7. The molecule has 0 spiro atoms. The number of aliphatic hydroxyl groups is 1. The summed E-state index contributed by atoms with van der Waals surface area (Å²) < 4.78 is 5.26. The number of aliphatic hydroxyl groups excluding tert-OH is 1. The van der Waals surface area contributed by atoms with Crippen LogP contribution in [-0.2, 0) is 4.74 Å². The van der Waals surface area contributed by atoms with Gasteiger partial charge >= 0.3 is 6.09 Å². The van der Waals surface area contributed by atoms with E-state index in [-0.39, 0.29) is 30.3 Å². The molecule has 1 N–H and O–H groups in total. The van der Waals surface area contributed by atoms with Crippen LogP contribution in [0.1, 0.15) is 46.0 Å². The summed E-state index contributed by atoms with van der Waals surface area (Å²) in [4.78, 5) is 13.8. The van der Waals surface area contributed by atoms with Gasteiger partial charge in [0.25, 0.3) is 0 Å². The van der Waals surface area contributed by atoms with E-state index in [0.29, 0.717) is 0 Å². The highest BCUT2D eigenvalue weighted by Crippen LogP contribution is 2.36. The van der Waals surface area contributed by atoms with Gasteiger partial charge < -0.3 is 14.7 Å². The second-order valence-electron chi connectivity index (χ2n) is 5.50. The van der Waals surface area contributed by atoms with Crippen molar-refractivity contribution in [2.24, 2.45) is 5.92 Å². The van der Waals surface area contributed by atoms with Crippen molar-refractivity contribution in [3.8, 4) is 0 Å². The SMILES string of the molecule is CC(C)OC(=O)N1CCCC1C1CCCC1O. The average molecular weight is 241 g/mol. The lowest BCUT2D eigenvalue weighted by Crippen LogP contribution is -2.43. The molecule has 2 aliphatic rings. The number of ether oxygens (including phenoxy) is 1. The molecule has 4 nitrogen and oxygen atoms in total. The van der Waals surface area contributed by atoms with Crippen molar-refractivity contribution in [1.29, 1.82) is 0 Å². The Morgan fingerprint density at radius 2 is 2.06 bits per heavy atom. The second-order valence-corrected chi connectivity index (χ2v) is 5.50. The van der Waals surface area contributed by atoms with Crippen molar-refractivity contribution in [2.75, 3.05) is 6.54 Å². The predicted octanol–water partition coefficient (Wildman–Crippen LogP) is 2.16. The van der Waals surface area contributed by atoms with E-state index in [1.165, 1.54) is 0 Å². The third-order valence-corrected chi connectivity index (χ3v) is 3.90. The predicted molar refractivity (Wildman–Crippen MR) is 64.7 cm³/mol. The maximum atomic E-state index is 12.0. The van der Waals surface area contributed by atoms with Crippen LogP contribution < -0.4 is 0 Å². The number of hydrogen-bond donors (Lipinski definition) is 1. The van der Waals surface area contributed by atoms with Crippen LogP contribution >= 0.6 is 0 Å². The molecule has 1 heterocycles. The molecule has 3 unspecified atom stereocenters. The number of amides is 1. The Bertz CT molecular complexity index is 280. The quantitative estimate of drug-likeness (QED) is 0.806. The van der Waals surface area contributed by atoms with Crippen molar-refractivity contribution in [3.05, 3.63) is 0 Å². The Balaban J connectivity index is 1.99. The number of carbonyl (C=O) groups excluding carboxylic acids is 1. The van der Waals surface area contributed by atoms with Crippen molar-refractivity contribution in [2.45, 2.75) is 64.2 Å². The summed E-state index contributed by atoms with van der Waals surface area (Å²) in [5.74, 6) is 0.261. The summed E-state index contributed by atoms with van der Waals surface area (Å²) >= 11 is 0. The number of likely N-dealkylation sites (tertiary alicyclic amines) is 1. The van der Waals surface area contributed by atoms with Gasteiger partial charge in [0.15, 0.2) is 0 Å². The third-order valence-electron chi connectivity index (χ3n) is 3.90. The maximum Gasteiger partial charge on any atom is 0.410 e. The minimum absolute atomic E-state index is 0.0720. The highest BCUT2D eigenvalue weighted by Gasteiger charge is 2.40. The van der Waals surface area contributed by atoms with Crippen molar-refractivity contribution < 1.29 is 14.6 Å². The lowest BCUT2D eigenvalue weighted by Gasteiger charge is -2.31.